The van der Waals surface area contributed by atoms with E-state index in [0.717, 1.165) is 17.4 Å². The second-order valence-corrected chi connectivity index (χ2v) is 4.18. The average Bonchev–Trinajstić information content (AvgIpc) is 2.18. The number of halogens is 2. The molecule has 0 fully saturated rings. The smallest absolute Gasteiger partial charge is 0.224 e. The van der Waals surface area contributed by atoms with Crippen LogP contribution in [-0.4, -0.2) is 16.5 Å². The zero-order valence-electron chi connectivity index (χ0n) is 8.06. The summed E-state index contributed by atoms with van der Waals surface area (Å²) in [6.45, 7) is 3.07. The van der Waals surface area contributed by atoms with Crippen molar-refractivity contribution < 1.29 is 0 Å². The standard InChI is InChI=1S/C9H13BrClN3/c1-2-3-4-5-12-9-13-6-7(10)8(11)14-9/h6H,2-5H2,1H3,(H,12,13,14). The van der Waals surface area contributed by atoms with Gasteiger partial charge < -0.3 is 5.32 Å². The van der Waals surface area contributed by atoms with E-state index in [9.17, 15) is 0 Å². The number of anilines is 1. The van der Waals surface area contributed by atoms with Crippen molar-refractivity contribution in [3.63, 3.8) is 0 Å². The Labute approximate surface area is 97.4 Å². The van der Waals surface area contributed by atoms with Crippen molar-refractivity contribution in [3.8, 4) is 0 Å². The van der Waals surface area contributed by atoms with E-state index in [1.165, 1.54) is 12.8 Å². The minimum Gasteiger partial charge on any atom is -0.354 e. The maximum atomic E-state index is 5.82. The molecule has 0 spiro atoms. The van der Waals surface area contributed by atoms with Crippen LogP contribution in [0.2, 0.25) is 5.15 Å². The summed E-state index contributed by atoms with van der Waals surface area (Å²) in [5.74, 6) is 0.592. The molecule has 0 bridgehead atoms. The minimum atomic E-state index is 0.443. The highest BCUT2D eigenvalue weighted by Gasteiger charge is 2.00. The number of nitrogens with zero attached hydrogens (tertiary/aromatic N) is 2. The van der Waals surface area contributed by atoms with Crippen molar-refractivity contribution >= 4 is 33.5 Å². The summed E-state index contributed by atoms with van der Waals surface area (Å²) in [4.78, 5) is 8.15. The lowest BCUT2D eigenvalue weighted by molar-refractivity contribution is 0.740. The summed E-state index contributed by atoms with van der Waals surface area (Å²) in [5, 5.41) is 3.56. The molecule has 3 nitrogen and oxygen atoms in total. The molecule has 0 radical (unpaired) electrons. The number of unbranched alkanes of at least 4 members (excludes halogenated alkanes) is 2. The van der Waals surface area contributed by atoms with E-state index in [-0.39, 0.29) is 0 Å². The second-order valence-electron chi connectivity index (χ2n) is 2.97. The van der Waals surface area contributed by atoms with Crippen molar-refractivity contribution in [1.29, 1.82) is 0 Å². The fourth-order valence-corrected chi connectivity index (χ4v) is 1.33. The molecule has 78 valence electrons. The molecule has 0 saturated heterocycles. The topological polar surface area (TPSA) is 37.8 Å². The van der Waals surface area contributed by atoms with E-state index in [1.54, 1.807) is 6.20 Å². The zero-order chi connectivity index (χ0) is 10.4. The molecule has 14 heavy (non-hydrogen) atoms. The van der Waals surface area contributed by atoms with Gasteiger partial charge in [-0.3, -0.25) is 0 Å². The van der Waals surface area contributed by atoms with Gasteiger partial charge in [0.25, 0.3) is 0 Å². The van der Waals surface area contributed by atoms with Gasteiger partial charge in [-0.2, -0.15) is 4.98 Å². The molecule has 0 unspecified atom stereocenters. The first kappa shape index (κ1) is 11.7. The summed E-state index contributed by atoms with van der Waals surface area (Å²) in [6.07, 6.45) is 5.21. The zero-order valence-corrected chi connectivity index (χ0v) is 10.4. The molecule has 1 heterocycles. The first-order valence-electron chi connectivity index (χ1n) is 4.66. The Morgan fingerprint density at radius 3 is 2.93 bits per heavy atom. The first-order chi connectivity index (χ1) is 6.74. The van der Waals surface area contributed by atoms with Crippen LogP contribution in [0.1, 0.15) is 26.2 Å². The molecular weight excluding hydrogens is 265 g/mol. The Morgan fingerprint density at radius 1 is 1.50 bits per heavy atom. The molecule has 1 aromatic rings. The van der Waals surface area contributed by atoms with Crippen LogP contribution in [0.3, 0.4) is 0 Å². The predicted octanol–water partition coefficient (Wildman–Crippen LogP) is 3.49. The molecule has 1 aromatic heterocycles. The van der Waals surface area contributed by atoms with Crippen LogP contribution in [-0.2, 0) is 0 Å². The molecule has 0 atom stereocenters. The Morgan fingerprint density at radius 2 is 2.29 bits per heavy atom. The SMILES string of the molecule is CCCCCNc1ncc(Br)c(Cl)n1. The third-order valence-electron chi connectivity index (χ3n) is 1.76. The van der Waals surface area contributed by atoms with Gasteiger partial charge in [-0.05, 0) is 22.4 Å². The molecular formula is C9H13BrClN3. The Hall–Kier alpha value is -0.350. The lowest BCUT2D eigenvalue weighted by atomic mass is 10.2. The van der Waals surface area contributed by atoms with Gasteiger partial charge in [-0.25, -0.2) is 4.98 Å². The van der Waals surface area contributed by atoms with E-state index in [2.05, 4.69) is 38.1 Å². The van der Waals surface area contributed by atoms with Gasteiger partial charge >= 0.3 is 0 Å². The molecule has 0 aliphatic carbocycles. The Bertz CT molecular complexity index is 293. The second kappa shape index (κ2) is 6.19. The highest BCUT2D eigenvalue weighted by molar-refractivity contribution is 9.10. The maximum Gasteiger partial charge on any atom is 0.224 e. The monoisotopic (exact) mass is 277 g/mol. The van der Waals surface area contributed by atoms with Gasteiger partial charge in [-0.1, -0.05) is 31.4 Å². The molecule has 1 rings (SSSR count). The number of hydrogen-bond acceptors (Lipinski definition) is 3. The van der Waals surface area contributed by atoms with Crippen LogP contribution in [0.4, 0.5) is 5.95 Å². The quantitative estimate of drug-likeness (QED) is 0.662. The molecule has 0 aromatic carbocycles. The number of aromatic nitrogens is 2. The third kappa shape index (κ3) is 3.80. The summed E-state index contributed by atoms with van der Waals surface area (Å²) in [5.41, 5.74) is 0. The number of nitrogens with one attached hydrogen (secondary N) is 1. The Kier molecular flexibility index (Phi) is 5.19. The van der Waals surface area contributed by atoms with Crippen LogP contribution >= 0.6 is 27.5 Å². The van der Waals surface area contributed by atoms with Crippen LogP contribution < -0.4 is 5.32 Å². The minimum absolute atomic E-state index is 0.443. The van der Waals surface area contributed by atoms with E-state index in [4.69, 9.17) is 11.6 Å². The van der Waals surface area contributed by atoms with Gasteiger partial charge in [0.2, 0.25) is 5.95 Å². The van der Waals surface area contributed by atoms with Crippen molar-refractivity contribution in [2.75, 3.05) is 11.9 Å². The van der Waals surface area contributed by atoms with E-state index >= 15 is 0 Å². The van der Waals surface area contributed by atoms with Gasteiger partial charge in [0, 0.05) is 12.7 Å². The van der Waals surface area contributed by atoms with E-state index < -0.39 is 0 Å². The van der Waals surface area contributed by atoms with Crippen molar-refractivity contribution in [2.24, 2.45) is 0 Å². The predicted molar refractivity (Wildman–Crippen MR) is 62.8 cm³/mol. The molecule has 0 aliphatic rings. The molecule has 5 heteroatoms. The van der Waals surface area contributed by atoms with Crippen LogP contribution in [0.15, 0.2) is 10.7 Å². The third-order valence-corrected chi connectivity index (χ3v) is 2.86. The molecule has 0 saturated carbocycles. The largest absolute Gasteiger partial charge is 0.354 e. The highest BCUT2D eigenvalue weighted by Crippen LogP contribution is 2.19. The summed E-state index contributed by atoms with van der Waals surface area (Å²) < 4.78 is 0.721. The fraction of sp³-hybridized carbons (Fsp3) is 0.556. The van der Waals surface area contributed by atoms with Crippen LogP contribution in [0, 0.1) is 0 Å². The van der Waals surface area contributed by atoms with Crippen LogP contribution in [0.25, 0.3) is 0 Å². The highest BCUT2D eigenvalue weighted by atomic mass is 79.9. The van der Waals surface area contributed by atoms with Crippen molar-refractivity contribution in [1.82, 2.24) is 9.97 Å². The summed E-state index contributed by atoms with van der Waals surface area (Å²) in [7, 11) is 0. The summed E-state index contributed by atoms with van der Waals surface area (Å²) in [6, 6.07) is 0. The molecule has 0 aliphatic heterocycles. The number of hydrogen-bond donors (Lipinski definition) is 1. The van der Waals surface area contributed by atoms with Gasteiger partial charge in [0.1, 0.15) is 5.15 Å². The van der Waals surface area contributed by atoms with Gasteiger partial charge in [0.05, 0.1) is 4.47 Å². The van der Waals surface area contributed by atoms with Gasteiger partial charge in [-0.15, -0.1) is 0 Å². The lowest BCUT2D eigenvalue weighted by Crippen LogP contribution is -2.05. The fourth-order valence-electron chi connectivity index (χ4n) is 1.01. The lowest BCUT2D eigenvalue weighted by Gasteiger charge is -2.04. The van der Waals surface area contributed by atoms with Crippen LogP contribution in [0.5, 0.6) is 0 Å². The maximum absolute atomic E-state index is 5.82. The van der Waals surface area contributed by atoms with E-state index in [0.29, 0.717) is 11.1 Å². The summed E-state index contributed by atoms with van der Waals surface area (Å²) >= 11 is 9.05. The Balaban J connectivity index is 2.39. The first-order valence-corrected chi connectivity index (χ1v) is 5.83. The normalized spacial score (nSPS) is 10.2. The molecule has 0 amide bonds. The van der Waals surface area contributed by atoms with Gasteiger partial charge in [0.15, 0.2) is 0 Å². The average molecular weight is 279 g/mol. The number of rotatable bonds is 5. The van der Waals surface area contributed by atoms with Crippen molar-refractivity contribution in [2.45, 2.75) is 26.2 Å². The molecule has 1 N–H and O–H groups in total. The van der Waals surface area contributed by atoms with Crippen molar-refractivity contribution in [3.05, 3.63) is 15.8 Å². The van der Waals surface area contributed by atoms with E-state index in [1.807, 2.05) is 0 Å².